The lowest BCUT2D eigenvalue weighted by atomic mass is 10.1. The Morgan fingerprint density at radius 1 is 1.12 bits per heavy atom. The summed E-state index contributed by atoms with van der Waals surface area (Å²) >= 11 is 0. The highest BCUT2D eigenvalue weighted by Crippen LogP contribution is 2.25. The molecule has 0 amide bonds. The van der Waals surface area contributed by atoms with Gasteiger partial charge in [-0.15, -0.1) is 0 Å². The zero-order valence-electron chi connectivity index (χ0n) is 9.16. The molecule has 0 fully saturated rings. The van der Waals surface area contributed by atoms with E-state index in [-0.39, 0.29) is 4.90 Å². The van der Waals surface area contributed by atoms with Crippen LogP contribution in [-0.2, 0) is 10.0 Å². The van der Waals surface area contributed by atoms with E-state index < -0.39 is 10.0 Å². The number of sulfonamides is 1. The van der Waals surface area contributed by atoms with Gasteiger partial charge in [-0.05, 0) is 13.1 Å². The van der Waals surface area contributed by atoms with Crippen LogP contribution in [0.1, 0.15) is 0 Å². The van der Waals surface area contributed by atoms with Crippen molar-refractivity contribution >= 4 is 10.0 Å². The lowest BCUT2D eigenvalue weighted by Crippen LogP contribution is -2.19. The number of benzene rings is 1. The number of hydrogen-bond donors (Lipinski definition) is 1. The monoisotopic (exact) mass is 249 g/mol. The topological polar surface area (TPSA) is 72.0 Å². The summed E-state index contributed by atoms with van der Waals surface area (Å²) in [5.74, 6) is 0. The van der Waals surface area contributed by atoms with Crippen LogP contribution < -0.4 is 4.72 Å². The molecule has 0 saturated heterocycles. The molecule has 1 aromatic heterocycles. The normalized spacial score (nSPS) is 11.4. The number of rotatable bonds is 3. The summed E-state index contributed by atoms with van der Waals surface area (Å²) in [7, 11) is -2.10. The molecule has 0 unspecified atom stereocenters. The molecule has 1 heterocycles. The van der Waals surface area contributed by atoms with E-state index in [9.17, 15) is 8.42 Å². The number of nitrogens with one attached hydrogen (secondary N) is 1. The minimum absolute atomic E-state index is 0.220. The molecular weight excluding hydrogens is 238 g/mol. The molecule has 2 rings (SSSR count). The first kappa shape index (κ1) is 11.7. The summed E-state index contributed by atoms with van der Waals surface area (Å²) in [6.07, 6.45) is 4.56. The lowest BCUT2D eigenvalue weighted by molar-refractivity contribution is 0.588. The summed E-state index contributed by atoms with van der Waals surface area (Å²) in [4.78, 5) is 7.99. The van der Waals surface area contributed by atoms with Gasteiger partial charge in [0.15, 0.2) is 0 Å². The zero-order chi connectivity index (χ0) is 12.3. The molecule has 0 aliphatic carbocycles. The first-order chi connectivity index (χ1) is 8.15. The highest BCUT2D eigenvalue weighted by Gasteiger charge is 2.16. The summed E-state index contributed by atoms with van der Waals surface area (Å²) in [6.45, 7) is 0. The van der Waals surface area contributed by atoms with Crippen molar-refractivity contribution in [2.24, 2.45) is 0 Å². The van der Waals surface area contributed by atoms with Gasteiger partial charge in [-0.1, -0.05) is 18.2 Å². The quantitative estimate of drug-likeness (QED) is 0.882. The standard InChI is InChI=1S/C11H11N3O2S/c1-12-17(15,16)11-5-3-2-4-10(11)9-6-13-8-14-7-9/h2-8,12H,1H3. The second-order valence-electron chi connectivity index (χ2n) is 3.33. The van der Waals surface area contributed by atoms with E-state index >= 15 is 0 Å². The van der Waals surface area contributed by atoms with Gasteiger partial charge in [0.25, 0.3) is 0 Å². The molecule has 1 N–H and O–H groups in total. The second kappa shape index (κ2) is 4.60. The van der Waals surface area contributed by atoms with Crippen LogP contribution in [0.25, 0.3) is 11.1 Å². The summed E-state index contributed by atoms with van der Waals surface area (Å²) in [5, 5.41) is 0. The first-order valence-electron chi connectivity index (χ1n) is 4.93. The van der Waals surface area contributed by atoms with Crippen molar-refractivity contribution < 1.29 is 8.42 Å². The predicted molar refractivity (Wildman–Crippen MR) is 63.7 cm³/mol. The van der Waals surface area contributed by atoms with E-state index in [1.165, 1.54) is 13.4 Å². The van der Waals surface area contributed by atoms with Crippen LogP contribution in [0.15, 0.2) is 47.9 Å². The zero-order valence-corrected chi connectivity index (χ0v) is 9.98. The highest BCUT2D eigenvalue weighted by atomic mass is 32.2. The lowest BCUT2D eigenvalue weighted by Gasteiger charge is -2.08. The van der Waals surface area contributed by atoms with Gasteiger partial charge in [0, 0.05) is 23.5 Å². The molecule has 0 atom stereocenters. The Kier molecular flexibility index (Phi) is 3.16. The number of hydrogen-bond acceptors (Lipinski definition) is 4. The van der Waals surface area contributed by atoms with Crippen molar-refractivity contribution in [2.75, 3.05) is 7.05 Å². The van der Waals surface area contributed by atoms with Crippen LogP contribution in [0.2, 0.25) is 0 Å². The third-order valence-corrected chi connectivity index (χ3v) is 3.79. The van der Waals surface area contributed by atoms with E-state index in [1.54, 1.807) is 36.7 Å². The average molecular weight is 249 g/mol. The van der Waals surface area contributed by atoms with E-state index in [2.05, 4.69) is 14.7 Å². The minimum atomic E-state index is -3.48. The molecule has 0 aliphatic heterocycles. The molecule has 5 nitrogen and oxygen atoms in total. The number of aromatic nitrogens is 2. The Labute approximate surface area is 99.6 Å². The van der Waals surface area contributed by atoms with E-state index in [4.69, 9.17) is 0 Å². The van der Waals surface area contributed by atoms with Crippen molar-refractivity contribution in [3.8, 4) is 11.1 Å². The van der Waals surface area contributed by atoms with Crippen molar-refractivity contribution in [3.63, 3.8) is 0 Å². The number of nitrogens with zero attached hydrogens (tertiary/aromatic N) is 2. The van der Waals surface area contributed by atoms with Gasteiger partial charge in [-0.3, -0.25) is 0 Å². The Morgan fingerprint density at radius 3 is 2.41 bits per heavy atom. The maximum absolute atomic E-state index is 11.8. The minimum Gasteiger partial charge on any atom is -0.244 e. The van der Waals surface area contributed by atoms with Crippen LogP contribution in [-0.4, -0.2) is 25.4 Å². The van der Waals surface area contributed by atoms with Crippen LogP contribution in [0.4, 0.5) is 0 Å². The maximum Gasteiger partial charge on any atom is 0.240 e. The second-order valence-corrected chi connectivity index (χ2v) is 5.19. The molecule has 0 spiro atoms. The van der Waals surface area contributed by atoms with Gasteiger partial charge in [-0.25, -0.2) is 23.1 Å². The molecular formula is C11H11N3O2S. The Bertz CT molecular complexity index is 612. The van der Waals surface area contributed by atoms with E-state index in [1.807, 2.05) is 0 Å². The van der Waals surface area contributed by atoms with Crippen LogP contribution >= 0.6 is 0 Å². The molecule has 0 bridgehead atoms. The van der Waals surface area contributed by atoms with Gasteiger partial charge >= 0.3 is 0 Å². The van der Waals surface area contributed by atoms with Gasteiger partial charge in [0.1, 0.15) is 6.33 Å². The molecule has 6 heteroatoms. The van der Waals surface area contributed by atoms with Crippen LogP contribution in [0.3, 0.4) is 0 Å². The smallest absolute Gasteiger partial charge is 0.240 e. The third-order valence-electron chi connectivity index (χ3n) is 2.32. The van der Waals surface area contributed by atoms with E-state index in [0.717, 1.165) is 0 Å². The van der Waals surface area contributed by atoms with Gasteiger partial charge in [0.2, 0.25) is 10.0 Å². The Morgan fingerprint density at radius 2 is 1.76 bits per heavy atom. The fourth-order valence-electron chi connectivity index (χ4n) is 1.49. The molecule has 17 heavy (non-hydrogen) atoms. The fraction of sp³-hybridized carbons (Fsp3) is 0.0909. The fourth-order valence-corrected chi connectivity index (χ4v) is 2.44. The maximum atomic E-state index is 11.8. The summed E-state index contributed by atoms with van der Waals surface area (Å²) in [5.41, 5.74) is 1.25. The SMILES string of the molecule is CNS(=O)(=O)c1ccccc1-c1cncnc1. The Hall–Kier alpha value is -1.79. The third kappa shape index (κ3) is 2.32. The molecule has 0 saturated carbocycles. The van der Waals surface area contributed by atoms with Crippen molar-refractivity contribution in [3.05, 3.63) is 43.0 Å². The molecule has 2 aromatic rings. The molecule has 1 aromatic carbocycles. The van der Waals surface area contributed by atoms with E-state index in [0.29, 0.717) is 11.1 Å². The van der Waals surface area contributed by atoms with Crippen LogP contribution in [0, 0.1) is 0 Å². The predicted octanol–water partition coefficient (Wildman–Crippen LogP) is 1.05. The summed E-state index contributed by atoms with van der Waals surface area (Å²) in [6, 6.07) is 6.73. The van der Waals surface area contributed by atoms with Crippen molar-refractivity contribution in [1.82, 2.24) is 14.7 Å². The first-order valence-corrected chi connectivity index (χ1v) is 6.41. The Balaban J connectivity index is 2.65. The molecule has 88 valence electrons. The van der Waals surface area contributed by atoms with Crippen molar-refractivity contribution in [1.29, 1.82) is 0 Å². The van der Waals surface area contributed by atoms with Crippen molar-refractivity contribution in [2.45, 2.75) is 4.90 Å². The van der Waals surface area contributed by atoms with Gasteiger partial charge in [0.05, 0.1) is 4.90 Å². The van der Waals surface area contributed by atoms with Crippen LogP contribution in [0.5, 0.6) is 0 Å². The molecule has 0 aliphatic rings. The average Bonchev–Trinajstić information content (AvgIpc) is 2.40. The van der Waals surface area contributed by atoms with Gasteiger partial charge < -0.3 is 0 Å². The van der Waals surface area contributed by atoms with Gasteiger partial charge in [-0.2, -0.15) is 0 Å². The summed E-state index contributed by atoms with van der Waals surface area (Å²) < 4.78 is 26.0. The molecule has 0 radical (unpaired) electrons. The largest absolute Gasteiger partial charge is 0.244 e. The highest BCUT2D eigenvalue weighted by molar-refractivity contribution is 7.89.